The van der Waals surface area contributed by atoms with Crippen LogP contribution in [-0.4, -0.2) is 104 Å². The van der Waals surface area contributed by atoms with Crippen LogP contribution in [0.5, 0.6) is 5.75 Å². The minimum atomic E-state index is -4.64. The Labute approximate surface area is 278 Å². The summed E-state index contributed by atoms with van der Waals surface area (Å²) < 4.78 is 58.3. The minimum absolute atomic E-state index is 0.000862. The van der Waals surface area contributed by atoms with Gasteiger partial charge in [-0.05, 0) is 61.3 Å². The van der Waals surface area contributed by atoms with Crippen LogP contribution in [0.3, 0.4) is 0 Å². The number of fused-ring (bicyclic) bond motifs is 3. The molecular weight excluding hydrogens is 629 g/mol. The summed E-state index contributed by atoms with van der Waals surface area (Å²) >= 11 is 0. The average molecular weight is 673 g/mol. The van der Waals surface area contributed by atoms with Crippen LogP contribution in [0, 0.1) is 11.8 Å². The second-order valence-electron chi connectivity index (χ2n) is 13.1. The number of likely N-dealkylation sites (tertiary alicyclic amines) is 1. The van der Waals surface area contributed by atoms with Crippen LogP contribution >= 0.6 is 0 Å². The Kier molecular flexibility index (Phi) is 10.7. The molecule has 2 aromatic rings. The number of rotatable bonds is 3. The lowest BCUT2D eigenvalue weighted by molar-refractivity contribution is -0.140. The molecule has 4 heterocycles. The lowest BCUT2D eigenvalue weighted by Crippen LogP contribution is -2.60. The highest BCUT2D eigenvalue weighted by atomic mass is 19.4. The van der Waals surface area contributed by atoms with Crippen LogP contribution in [0.2, 0.25) is 0 Å². The maximum Gasteiger partial charge on any atom is 0.416 e. The van der Waals surface area contributed by atoms with E-state index < -0.39 is 23.7 Å². The highest BCUT2D eigenvalue weighted by molar-refractivity contribution is 5.97. The fourth-order valence-corrected chi connectivity index (χ4v) is 7.39. The SMILES string of the molecule is O=C1NCC[C@H]2CN(C(=O)OCc3ccccc3)CC[C@H]2CC(=O)N2CCN(C3CCOCC3)C[C@H]2COc2ccc(C(F)(F)F)cc21. The number of nitrogens with one attached hydrogen (secondary N) is 1. The number of carbonyl (C=O) groups is 3. The molecule has 3 fully saturated rings. The van der Waals surface area contributed by atoms with Gasteiger partial charge < -0.3 is 29.3 Å². The minimum Gasteiger partial charge on any atom is -0.491 e. The van der Waals surface area contributed by atoms with Gasteiger partial charge in [0.05, 0.1) is 17.2 Å². The molecular formula is C35H43F3N4O6. The van der Waals surface area contributed by atoms with E-state index in [1.807, 2.05) is 35.2 Å². The van der Waals surface area contributed by atoms with Gasteiger partial charge in [0, 0.05) is 64.9 Å². The van der Waals surface area contributed by atoms with Gasteiger partial charge in [-0.2, -0.15) is 13.2 Å². The van der Waals surface area contributed by atoms with E-state index in [1.165, 1.54) is 6.07 Å². The van der Waals surface area contributed by atoms with E-state index in [0.717, 1.165) is 30.5 Å². The third-order valence-corrected chi connectivity index (χ3v) is 10.1. The van der Waals surface area contributed by atoms with E-state index >= 15 is 0 Å². The maximum absolute atomic E-state index is 14.0. The molecule has 2 aromatic carbocycles. The monoisotopic (exact) mass is 672 g/mol. The lowest BCUT2D eigenvalue weighted by atomic mass is 9.80. The number of alkyl halides is 3. The molecule has 260 valence electrons. The van der Waals surface area contributed by atoms with Crippen molar-refractivity contribution in [3.63, 3.8) is 0 Å². The number of piperazine rings is 1. The fraction of sp³-hybridized carbons (Fsp3) is 0.571. The molecule has 0 radical (unpaired) electrons. The molecule has 13 heteroatoms. The summed E-state index contributed by atoms with van der Waals surface area (Å²) in [7, 11) is 0. The standard InChI is InChI=1S/C35H43F3N4O6/c36-35(37,38)27-6-7-31-30(19-27)33(44)39-12-8-26-20-41(34(45)48-22-24-4-2-1-3-5-24)13-9-25(26)18-32(43)42-15-14-40(21-29(42)23-47-31)28-10-16-46-17-11-28/h1-7,19,25-26,28-29H,8-18,20-23H2,(H,39,44)/t25-,26-,29-/m0/s1. The van der Waals surface area contributed by atoms with Gasteiger partial charge in [-0.1, -0.05) is 30.3 Å². The number of hydrogen-bond donors (Lipinski definition) is 1. The number of amides is 3. The number of piperidine rings is 1. The number of halogens is 3. The van der Waals surface area contributed by atoms with Crippen molar-refractivity contribution in [2.75, 3.05) is 59.1 Å². The van der Waals surface area contributed by atoms with Crippen molar-refractivity contribution in [3.8, 4) is 5.75 Å². The number of benzene rings is 2. The van der Waals surface area contributed by atoms with Gasteiger partial charge in [-0.3, -0.25) is 14.5 Å². The lowest BCUT2D eigenvalue weighted by Gasteiger charge is -2.46. The molecule has 3 saturated heterocycles. The van der Waals surface area contributed by atoms with Crippen molar-refractivity contribution < 1.29 is 41.8 Å². The average Bonchev–Trinajstić information content (AvgIpc) is 3.10. The summed E-state index contributed by atoms with van der Waals surface area (Å²) in [6, 6.07) is 12.3. The van der Waals surface area contributed by atoms with Gasteiger partial charge >= 0.3 is 12.3 Å². The van der Waals surface area contributed by atoms with Crippen LogP contribution < -0.4 is 10.1 Å². The summed E-state index contributed by atoms with van der Waals surface area (Å²) in [6.07, 6.45) is -1.99. The Morgan fingerprint density at radius 2 is 1.71 bits per heavy atom. The summed E-state index contributed by atoms with van der Waals surface area (Å²) in [4.78, 5) is 46.3. The number of nitrogens with zero attached hydrogens (tertiary/aromatic N) is 3. The molecule has 0 bridgehead atoms. The summed E-state index contributed by atoms with van der Waals surface area (Å²) in [6.45, 7) is 4.22. The molecule has 0 spiro atoms. The highest BCUT2D eigenvalue weighted by Gasteiger charge is 2.39. The molecule has 4 aliphatic heterocycles. The van der Waals surface area contributed by atoms with Gasteiger partial charge in [0.15, 0.2) is 0 Å². The van der Waals surface area contributed by atoms with Crippen molar-refractivity contribution in [2.45, 2.75) is 57.0 Å². The third-order valence-electron chi connectivity index (χ3n) is 10.1. The zero-order chi connectivity index (χ0) is 33.7. The topological polar surface area (TPSA) is 101 Å². The molecule has 1 N–H and O–H groups in total. The molecule has 0 unspecified atom stereocenters. The van der Waals surface area contributed by atoms with Crippen LogP contribution in [0.25, 0.3) is 0 Å². The third kappa shape index (κ3) is 8.23. The smallest absolute Gasteiger partial charge is 0.416 e. The summed E-state index contributed by atoms with van der Waals surface area (Å²) in [5.74, 6) is -0.806. The number of hydrogen-bond acceptors (Lipinski definition) is 7. The van der Waals surface area contributed by atoms with Crippen LogP contribution in [0.15, 0.2) is 48.5 Å². The van der Waals surface area contributed by atoms with Crippen molar-refractivity contribution in [3.05, 3.63) is 65.2 Å². The zero-order valence-corrected chi connectivity index (χ0v) is 27.0. The molecule has 6 rings (SSSR count). The van der Waals surface area contributed by atoms with E-state index in [4.69, 9.17) is 14.2 Å². The normalized spacial score (nSPS) is 25.1. The molecule has 3 atom stereocenters. The Hall–Kier alpha value is -3.84. The van der Waals surface area contributed by atoms with Crippen LogP contribution in [0.1, 0.15) is 53.6 Å². The van der Waals surface area contributed by atoms with Gasteiger partial charge in [0.25, 0.3) is 5.91 Å². The Bertz CT molecular complexity index is 1440. The first-order valence-corrected chi connectivity index (χ1v) is 16.8. The molecule has 48 heavy (non-hydrogen) atoms. The van der Waals surface area contributed by atoms with Crippen LogP contribution in [-0.2, 0) is 27.1 Å². The fourth-order valence-electron chi connectivity index (χ4n) is 7.39. The Balaban J connectivity index is 1.23. The second kappa shape index (κ2) is 15.1. The van der Waals surface area contributed by atoms with Crippen molar-refractivity contribution in [1.29, 1.82) is 0 Å². The van der Waals surface area contributed by atoms with Crippen LogP contribution in [0.4, 0.5) is 18.0 Å². The van der Waals surface area contributed by atoms with E-state index in [0.29, 0.717) is 71.2 Å². The Morgan fingerprint density at radius 3 is 2.48 bits per heavy atom. The van der Waals surface area contributed by atoms with Crippen molar-refractivity contribution in [2.24, 2.45) is 11.8 Å². The van der Waals surface area contributed by atoms with Gasteiger partial charge in [0.2, 0.25) is 5.91 Å². The number of carbonyl (C=O) groups excluding carboxylic acids is 3. The molecule has 0 aliphatic carbocycles. The number of ether oxygens (including phenoxy) is 3. The first kappa shape index (κ1) is 34.0. The highest BCUT2D eigenvalue weighted by Crippen LogP contribution is 2.34. The second-order valence-corrected chi connectivity index (χ2v) is 13.1. The van der Waals surface area contributed by atoms with E-state index in [9.17, 15) is 27.6 Å². The molecule has 10 nitrogen and oxygen atoms in total. The summed E-state index contributed by atoms with van der Waals surface area (Å²) in [5.41, 5.74) is -0.280. The van der Waals surface area contributed by atoms with E-state index in [2.05, 4.69) is 10.2 Å². The first-order chi connectivity index (χ1) is 23.2. The summed E-state index contributed by atoms with van der Waals surface area (Å²) in [5, 5.41) is 2.78. The van der Waals surface area contributed by atoms with Gasteiger partial charge in [0.1, 0.15) is 19.0 Å². The predicted octanol–water partition coefficient (Wildman–Crippen LogP) is 4.57. The first-order valence-electron chi connectivity index (χ1n) is 16.8. The largest absolute Gasteiger partial charge is 0.491 e. The molecule has 4 aliphatic rings. The molecule has 3 amide bonds. The van der Waals surface area contributed by atoms with Crippen molar-refractivity contribution in [1.82, 2.24) is 20.0 Å². The molecule has 0 saturated carbocycles. The Morgan fingerprint density at radius 1 is 0.917 bits per heavy atom. The van der Waals surface area contributed by atoms with Gasteiger partial charge in [-0.15, -0.1) is 0 Å². The quantitative estimate of drug-likeness (QED) is 0.510. The van der Waals surface area contributed by atoms with Crippen molar-refractivity contribution >= 4 is 17.9 Å². The predicted molar refractivity (Wildman–Crippen MR) is 169 cm³/mol. The van der Waals surface area contributed by atoms with E-state index in [-0.39, 0.29) is 54.9 Å². The zero-order valence-electron chi connectivity index (χ0n) is 27.0. The van der Waals surface area contributed by atoms with E-state index in [1.54, 1.807) is 4.90 Å². The van der Waals surface area contributed by atoms with Gasteiger partial charge in [-0.25, -0.2) is 4.79 Å². The molecule has 0 aromatic heterocycles. The maximum atomic E-state index is 14.0.